The molecule has 1 aliphatic rings. The standard InChI is InChI=1S/C17H29N3/c1-4-15(18)17(14-9-7-11-19-12-14)20(3)16-10-6-5-8-13(16)2/h7,9,11-13,15-17H,4-6,8,10,18H2,1-3H3. The molecular formula is C17H29N3. The first kappa shape index (κ1) is 15.5. The van der Waals surface area contributed by atoms with Crippen LogP contribution in [-0.4, -0.2) is 29.0 Å². The van der Waals surface area contributed by atoms with E-state index >= 15 is 0 Å². The minimum atomic E-state index is 0.165. The number of nitrogens with zero attached hydrogens (tertiary/aromatic N) is 2. The number of hydrogen-bond donors (Lipinski definition) is 1. The maximum Gasteiger partial charge on any atom is 0.0514 e. The van der Waals surface area contributed by atoms with Crippen LogP contribution in [0, 0.1) is 5.92 Å². The summed E-state index contributed by atoms with van der Waals surface area (Å²) >= 11 is 0. The fourth-order valence-corrected chi connectivity index (χ4v) is 3.67. The van der Waals surface area contributed by atoms with Crippen molar-refractivity contribution in [1.82, 2.24) is 9.88 Å². The molecule has 1 heterocycles. The topological polar surface area (TPSA) is 42.1 Å². The quantitative estimate of drug-likeness (QED) is 0.896. The van der Waals surface area contributed by atoms with Crippen molar-refractivity contribution in [3.05, 3.63) is 30.1 Å². The highest BCUT2D eigenvalue weighted by atomic mass is 15.2. The van der Waals surface area contributed by atoms with Crippen molar-refractivity contribution in [3.63, 3.8) is 0 Å². The van der Waals surface area contributed by atoms with Crippen LogP contribution in [0.1, 0.15) is 57.6 Å². The SMILES string of the molecule is CCC(N)C(c1cccnc1)N(C)C1CCCCC1C. The van der Waals surface area contributed by atoms with Gasteiger partial charge in [0.25, 0.3) is 0 Å². The Bertz CT molecular complexity index is 392. The van der Waals surface area contributed by atoms with E-state index in [2.05, 4.69) is 36.8 Å². The average molecular weight is 275 g/mol. The second-order valence-corrected chi connectivity index (χ2v) is 6.30. The Balaban J connectivity index is 2.22. The highest BCUT2D eigenvalue weighted by Crippen LogP contribution is 2.33. The van der Waals surface area contributed by atoms with Crippen LogP contribution >= 0.6 is 0 Å². The summed E-state index contributed by atoms with van der Waals surface area (Å²) in [6.07, 6.45) is 10.2. The van der Waals surface area contributed by atoms with Gasteiger partial charge in [-0.15, -0.1) is 0 Å². The van der Waals surface area contributed by atoms with Gasteiger partial charge in [-0.2, -0.15) is 0 Å². The van der Waals surface area contributed by atoms with E-state index in [0.717, 1.165) is 12.3 Å². The van der Waals surface area contributed by atoms with Crippen LogP contribution < -0.4 is 5.73 Å². The van der Waals surface area contributed by atoms with Crippen LogP contribution in [0.2, 0.25) is 0 Å². The molecule has 1 aromatic heterocycles. The number of pyridine rings is 1. The molecule has 3 nitrogen and oxygen atoms in total. The third kappa shape index (κ3) is 3.39. The van der Waals surface area contributed by atoms with Gasteiger partial charge in [0.2, 0.25) is 0 Å². The summed E-state index contributed by atoms with van der Waals surface area (Å²) in [5.74, 6) is 0.761. The molecule has 0 saturated heterocycles. The highest BCUT2D eigenvalue weighted by molar-refractivity contribution is 5.16. The molecule has 4 unspecified atom stereocenters. The minimum Gasteiger partial charge on any atom is -0.326 e. The lowest BCUT2D eigenvalue weighted by Gasteiger charge is -2.42. The molecule has 0 amide bonds. The van der Waals surface area contributed by atoms with Crippen LogP contribution in [0.4, 0.5) is 0 Å². The van der Waals surface area contributed by atoms with Gasteiger partial charge in [-0.05, 0) is 43.9 Å². The first-order valence-corrected chi connectivity index (χ1v) is 8.02. The molecule has 0 spiro atoms. The zero-order valence-corrected chi connectivity index (χ0v) is 13.1. The van der Waals surface area contributed by atoms with Crippen LogP contribution in [0.3, 0.4) is 0 Å². The van der Waals surface area contributed by atoms with Crippen molar-refractivity contribution in [3.8, 4) is 0 Å². The predicted molar refractivity (Wildman–Crippen MR) is 84.4 cm³/mol. The van der Waals surface area contributed by atoms with Gasteiger partial charge >= 0.3 is 0 Å². The molecule has 0 bridgehead atoms. The predicted octanol–water partition coefficient (Wildman–Crippen LogP) is 3.37. The van der Waals surface area contributed by atoms with Gasteiger partial charge in [-0.3, -0.25) is 9.88 Å². The van der Waals surface area contributed by atoms with Crippen molar-refractivity contribution in [1.29, 1.82) is 0 Å². The molecule has 112 valence electrons. The van der Waals surface area contributed by atoms with E-state index in [4.69, 9.17) is 5.73 Å². The maximum atomic E-state index is 6.43. The van der Waals surface area contributed by atoms with Crippen molar-refractivity contribution in [2.45, 2.75) is 64.1 Å². The van der Waals surface area contributed by atoms with Gasteiger partial charge in [0.1, 0.15) is 0 Å². The van der Waals surface area contributed by atoms with E-state index in [1.165, 1.54) is 31.2 Å². The van der Waals surface area contributed by atoms with Crippen LogP contribution in [-0.2, 0) is 0 Å². The van der Waals surface area contributed by atoms with Gasteiger partial charge in [-0.1, -0.05) is 32.8 Å². The molecule has 20 heavy (non-hydrogen) atoms. The first-order valence-electron chi connectivity index (χ1n) is 8.02. The second kappa shape index (κ2) is 7.19. The lowest BCUT2D eigenvalue weighted by Crippen LogP contribution is -2.47. The Hall–Kier alpha value is -0.930. The molecular weight excluding hydrogens is 246 g/mol. The van der Waals surface area contributed by atoms with Crippen LogP contribution in [0.25, 0.3) is 0 Å². The van der Waals surface area contributed by atoms with Gasteiger partial charge in [0, 0.05) is 24.5 Å². The molecule has 4 atom stereocenters. The molecule has 3 heteroatoms. The fourth-order valence-electron chi connectivity index (χ4n) is 3.67. The molecule has 0 aliphatic heterocycles. The summed E-state index contributed by atoms with van der Waals surface area (Å²) in [4.78, 5) is 6.81. The largest absolute Gasteiger partial charge is 0.326 e. The Labute approximate surface area is 123 Å². The summed E-state index contributed by atoms with van der Waals surface area (Å²) in [7, 11) is 2.25. The molecule has 2 N–H and O–H groups in total. The third-order valence-corrected chi connectivity index (χ3v) is 4.93. The summed E-state index contributed by atoms with van der Waals surface area (Å²) in [5.41, 5.74) is 7.68. The molecule has 0 aromatic carbocycles. The summed E-state index contributed by atoms with van der Waals surface area (Å²) < 4.78 is 0. The van der Waals surface area contributed by atoms with Crippen LogP contribution in [0.15, 0.2) is 24.5 Å². The number of nitrogens with two attached hydrogens (primary N) is 1. The monoisotopic (exact) mass is 275 g/mol. The van der Waals surface area contributed by atoms with E-state index in [9.17, 15) is 0 Å². The number of likely N-dealkylation sites (N-methyl/N-ethyl adjacent to an activating group) is 1. The third-order valence-electron chi connectivity index (χ3n) is 4.93. The summed E-state index contributed by atoms with van der Waals surface area (Å²) in [6.45, 7) is 4.56. The molecule has 1 saturated carbocycles. The number of rotatable bonds is 5. The summed E-state index contributed by atoms with van der Waals surface area (Å²) in [5, 5.41) is 0. The molecule has 2 rings (SSSR count). The second-order valence-electron chi connectivity index (χ2n) is 6.30. The highest BCUT2D eigenvalue weighted by Gasteiger charge is 2.32. The Morgan fingerprint density at radius 3 is 2.75 bits per heavy atom. The molecule has 1 aromatic rings. The zero-order valence-electron chi connectivity index (χ0n) is 13.1. The smallest absolute Gasteiger partial charge is 0.0514 e. The average Bonchev–Trinajstić information content (AvgIpc) is 2.48. The first-order chi connectivity index (χ1) is 9.65. The normalized spacial score (nSPS) is 26.4. The Morgan fingerprint density at radius 2 is 2.15 bits per heavy atom. The van der Waals surface area contributed by atoms with Crippen molar-refractivity contribution in [2.75, 3.05) is 7.05 Å². The van der Waals surface area contributed by atoms with Gasteiger partial charge in [-0.25, -0.2) is 0 Å². The molecule has 0 radical (unpaired) electrons. The maximum absolute atomic E-state index is 6.43. The van der Waals surface area contributed by atoms with Crippen LogP contribution in [0.5, 0.6) is 0 Å². The number of aromatic nitrogens is 1. The van der Waals surface area contributed by atoms with Gasteiger partial charge in [0.05, 0.1) is 6.04 Å². The fraction of sp³-hybridized carbons (Fsp3) is 0.706. The van der Waals surface area contributed by atoms with Gasteiger partial charge in [0.15, 0.2) is 0 Å². The van der Waals surface area contributed by atoms with Crippen molar-refractivity contribution < 1.29 is 0 Å². The van der Waals surface area contributed by atoms with E-state index in [1.54, 1.807) is 0 Å². The summed E-state index contributed by atoms with van der Waals surface area (Å²) in [6, 6.07) is 5.27. The molecule has 1 fully saturated rings. The Kier molecular flexibility index (Phi) is 5.55. The van der Waals surface area contributed by atoms with E-state index < -0.39 is 0 Å². The molecule has 1 aliphatic carbocycles. The van der Waals surface area contributed by atoms with E-state index in [0.29, 0.717) is 6.04 Å². The Morgan fingerprint density at radius 1 is 1.40 bits per heavy atom. The van der Waals surface area contributed by atoms with Gasteiger partial charge < -0.3 is 5.73 Å². The van der Waals surface area contributed by atoms with Crippen molar-refractivity contribution >= 4 is 0 Å². The van der Waals surface area contributed by atoms with E-state index in [-0.39, 0.29) is 12.1 Å². The van der Waals surface area contributed by atoms with Crippen molar-refractivity contribution in [2.24, 2.45) is 11.7 Å². The van der Waals surface area contributed by atoms with E-state index in [1.807, 2.05) is 18.5 Å². The minimum absolute atomic E-state index is 0.165. The lowest BCUT2D eigenvalue weighted by molar-refractivity contribution is 0.0822. The lowest BCUT2D eigenvalue weighted by atomic mass is 9.83. The zero-order chi connectivity index (χ0) is 14.5. The number of hydrogen-bond acceptors (Lipinski definition) is 3.